The minimum atomic E-state index is -0.240. The second-order valence-corrected chi connectivity index (χ2v) is 7.33. The Balaban J connectivity index is 1.53. The lowest BCUT2D eigenvalue weighted by molar-refractivity contribution is -0.123. The molecule has 4 rings (SSSR count). The van der Waals surface area contributed by atoms with Crippen LogP contribution in [0.5, 0.6) is 0 Å². The topological polar surface area (TPSA) is 78.1 Å². The van der Waals surface area contributed by atoms with Crippen LogP contribution >= 0.6 is 15.9 Å². The van der Waals surface area contributed by atoms with Gasteiger partial charge in [0, 0.05) is 36.4 Å². The molecule has 140 valence electrons. The maximum Gasteiger partial charge on any atom is 0.254 e. The number of morpholine rings is 1. The normalized spacial score (nSPS) is 26.5. The number of hydrogen-bond donors (Lipinski definition) is 3. The Kier molecular flexibility index (Phi) is 5.25. The van der Waals surface area contributed by atoms with E-state index in [1.165, 1.54) is 0 Å². The standard InChI is InChI=1S/C17H22BrN5O3/c1-25-10-11-8-12(18)2-3-14(11)23-9-13-15(21-23)19-17(20-16(13)24)22-4-6-26-7-5-22/h2-3,8-9,15,17,19,21H,4-7,10H2,1H3,(H,20,24). The summed E-state index contributed by atoms with van der Waals surface area (Å²) in [6, 6.07) is 5.99. The van der Waals surface area contributed by atoms with E-state index in [0.717, 1.165) is 28.8 Å². The number of ether oxygens (including phenoxy) is 2. The highest BCUT2D eigenvalue weighted by Crippen LogP contribution is 2.28. The van der Waals surface area contributed by atoms with Crippen LogP contribution in [-0.4, -0.2) is 56.7 Å². The summed E-state index contributed by atoms with van der Waals surface area (Å²) in [6.45, 7) is 3.42. The van der Waals surface area contributed by atoms with Crippen LogP contribution in [0.1, 0.15) is 5.56 Å². The molecule has 2 saturated heterocycles. The molecule has 0 spiro atoms. The van der Waals surface area contributed by atoms with E-state index in [1.807, 2.05) is 29.4 Å². The van der Waals surface area contributed by atoms with Gasteiger partial charge in [0.1, 0.15) is 12.5 Å². The zero-order chi connectivity index (χ0) is 18.1. The monoisotopic (exact) mass is 423 g/mol. The number of rotatable bonds is 4. The highest BCUT2D eigenvalue weighted by molar-refractivity contribution is 9.10. The van der Waals surface area contributed by atoms with Crippen molar-refractivity contribution in [1.82, 2.24) is 21.0 Å². The third kappa shape index (κ3) is 3.51. The van der Waals surface area contributed by atoms with Gasteiger partial charge in [0.2, 0.25) is 0 Å². The van der Waals surface area contributed by atoms with Crippen LogP contribution in [0.2, 0.25) is 0 Å². The molecule has 2 unspecified atom stereocenters. The van der Waals surface area contributed by atoms with Gasteiger partial charge >= 0.3 is 0 Å². The van der Waals surface area contributed by atoms with Crippen LogP contribution in [0, 0.1) is 0 Å². The molecule has 0 bridgehead atoms. The fourth-order valence-corrected chi connectivity index (χ4v) is 3.82. The van der Waals surface area contributed by atoms with Crippen molar-refractivity contribution in [3.05, 3.63) is 40.0 Å². The first kappa shape index (κ1) is 17.9. The van der Waals surface area contributed by atoms with Crippen LogP contribution in [-0.2, 0) is 20.9 Å². The average Bonchev–Trinajstić information content (AvgIpc) is 3.07. The minimum absolute atomic E-state index is 0.0642. The van der Waals surface area contributed by atoms with Gasteiger partial charge in [-0.15, -0.1) is 0 Å². The molecule has 2 fully saturated rings. The fourth-order valence-electron chi connectivity index (χ4n) is 3.41. The minimum Gasteiger partial charge on any atom is -0.380 e. The predicted molar refractivity (Wildman–Crippen MR) is 99.8 cm³/mol. The number of fused-ring (bicyclic) bond motifs is 1. The van der Waals surface area contributed by atoms with Gasteiger partial charge in [-0.1, -0.05) is 15.9 Å². The van der Waals surface area contributed by atoms with Crippen molar-refractivity contribution in [3.8, 4) is 0 Å². The van der Waals surface area contributed by atoms with Gasteiger partial charge in [-0.2, -0.15) is 0 Å². The Labute approximate surface area is 160 Å². The van der Waals surface area contributed by atoms with E-state index in [4.69, 9.17) is 9.47 Å². The largest absolute Gasteiger partial charge is 0.380 e. The van der Waals surface area contributed by atoms with Crippen molar-refractivity contribution in [2.24, 2.45) is 0 Å². The van der Waals surface area contributed by atoms with E-state index in [-0.39, 0.29) is 18.4 Å². The zero-order valence-corrected chi connectivity index (χ0v) is 16.1. The molecule has 3 N–H and O–H groups in total. The Morgan fingerprint density at radius 3 is 2.92 bits per heavy atom. The summed E-state index contributed by atoms with van der Waals surface area (Å²) >= 11 is 3.50. The number of halogens is 1. The fraction of sp³-hybridized carbons (Fsp3) is 0.471. The number of benzene rings is 1. The summed E-state index contributed by atoms with van der Waals surface area (Å²) in [5, 5.41) is 8.37. The number of carbonyl (C=O) groups excluding carboxylic acids is 1. The Morgan fingerprint density at radius 1 is 1.35 bits per heavy atom. The van der Waals surface area contributed by atoms with Crippen LogP contribution < -0.4 is 21.1 Å². The molecule has 0 aromatic heterocycles. The Hall–Kier alpha value is -1.49. The van der Waals surface area contributed by atoms with Crippen molar-refractivity contribution < 1.29 is 14.3 Å². The summed E-state index contributed by atoms with van der Waals surface area (Å²) in [6.07, 6.45) is 1.39. The van der Waals surface area contributed by atoms with Crippen molar-refractivity contribution >= 4 is 27.5 Å². The van der Waals surface area contributed by atoms with Gasteiger partial charge in [-0.25, -0.2) is 5.43 Å². The first-order valence-electron chi connectivity index (χ1n) is 8.59. The number of carbonyl (C=O) groups is 1. The van der Waals surface area contributed by atoms with Gasteiger partial charge in [-0.05, 0) is 18.2 Å². The molecule has 8 nitrogen and oxygen atoms in total. The number of amides is 1. The summed E-state index contributed by atoms with van der Waals surface area (Å²) in [4.78, 5) is 14.8. The molecule has 3 heterocycles. The molecule has 3 aliphatic rings. The maximum absolute atomic E-state index is 12.6. The first-order chi connectivity index (χ1) is 12.7. The van der Waals surface area contributed by atoms with Gasteiger partial charge in [0.25, 0.3) is 5.91 Å². The molecule has 1 aromatic rings. The molecular formula is C17H22BrN5O3. The van der Waals surface area contributed by atoms with Gasteiger partial charge in [-0.3, -0.25) is 20.0 Å². The molecule has 2 atom stereocenters. The van der Waals surface area contributed by atoms with Gasteiger partial charge in [0.15, 0.2) is 0 Å². The highest BCUT2D eigenvalue weighted by Gasteiger charge is 2.38. The number of hydrogen-bond acceptors (Lipinski definition) is 7. The lowest BCUT2D eigenvalue weighted by atomic mass is 10.1. The van der Waals surface area contributed by atoms with E-state index >= 15 is 0 Å². The van der Waals surface area contributed by atoms with Crippen LogP contribution in [0.4, 0.5) is 5.69 Å². The molecule has 1 aromatic carbocycles. The number of hydrazine groups is 1. The van der Waals surface area contributed by atoms with Crippen LogP contribution in [0.25, 0.3) is 0 Å². The van der Waals surface area contributed by atoms with E-state index in [1.54, 1.807) is 7.11 Å². The predicted octanol–water partition coefficient (Wildman–Crippen LogP) is 0.465. The van der Waals surface area contributed by atoms with E-state index < -0.39 is 0 Å². The molecule has 0 saturated carbocycles. The molecule has 0 radical (unpaired) electrons. The number of nitrogens with one attached hydrogen (secondary N) is 3. The lowest BCUT2D eigenvalue weighted by Gasteiger charge is -2.40. The molecule has 0 aliphatic carbocycles. The van der Waals surface area contributed by atoms with Crippen molar-refractivity contribution in [2.45, 2.75) is 19.1 Å². The van der Waals surface area contributed by atoms with Gasteiger partial charge in [0.05, 0.1) is 31.1 Å². The van der Waals surface area contributed by atoms with E-state index in [2.05, 4.69) is 36.9 Å². The summed E-state index contributed by atoms with van der Waals surface area (Å²) in [5.74, 6) is -0.0642. The second-order valence-electron chi connectivity index (χ2n) is 6.41. The first-order valence-corrected chi connectivity index (χ1v) is 9.38. The maximum atomic E-state index is 12.6. The molecule has 9 heteroatoms. The highest BCUT2D eigenvalue weighted by atomic mass is 79.9. The van der Waals surface area contributed by atoms with Crippen molar-refractivity contribution in [1.29, 1.82) is 0 Å². The third-order valence-electron chi connectivity index (χ3n) is 4.71. The van der Waals surface area contributed by atoms with Crippen LogP contribution in [0.3, 0.4) is 0 Å². The third-order valence-corrected chi connectivity index (χ3v) is 5.21. The second kappa shape index (κ2) is 7.63. The number of methoxy groups -OCH3 is 1. The molecular weight excluding hydrogens is 402 g/mol. The smallest absolute Gasteiger partial charge is 0.254 e. The quantitative estimate of drug-likeness (QED) is 0.649. The Morgan fingerprint density at radius 2 is 2.15 bits per heavy atom. The van der Waals surface area contributed by atoms with Crippen LogP contribution in [0.15, 0.2) is 34.4 Å². The summed E-state index contributed by atoms with van der Waals surface area (Å²) < 4.78 is 11.7. The lowest BCUT2D eigenvalue weighted by Crippen LogP contribution is -2.68. The average molecular weight is 424 g/mol. The number of nitrogens with zero attached hydrogens (tertiary/aromatic N) is 2. The SMILES string of the molecule is COCc1cc(Br)ccc1N1C=C2C(=O)NC(N3CCOCC3)NC2N1. The van der Waals surface area contributed by atoms with Crippen molar-refractivity contribution in [2.75, 3.05) is 38.4 Å². The molecule has 3 aliphatic heterocycles. The molecule has 1 amide bonds. The van der Waals surface area contributed by atoms with E-state index in [0.29, 0.717) is 25.4 Å². The van der Waals surface area contributed by atoms with Gasteiger partial charge < -0.3 is 14.8 Å². The zero-order valence-electron chi connectivity index (χ0n) is 14.5. The summed E-state index contributed by atoms with van der Waals surface area (Å²) in [7, 11) is 1.67. The molecule has 26 heavy (non-hydrogen) atoms. The van der Waals surface area contributed by atoms with Crippen molar-refractivity contribution in [3.63, 3.8) is 0 Å². The number of anilines is 1. The Bertz CT molecular complexity index is 722. The van der Waals surface area contributed by atoms with E-state index in [9.17, 15) is 4.79 Å². The summed E-state index contributed by atoms with van der Waals surface area (Å²) in [5.41, 5.74) is 6.01.